The molecule has 0 aliphatic rings. The molecule has 0 fully saturated rings. The third kappa shape index (κ3) is 8.55. The van der Waals surface area contributed by atoms with Crippen molar-refractivity contribution in [1.82, 2.24) is 10.6 Å². The third-order valence-corrected chi connectivity index (χ3v) is 4.00. The van der Waals surface area contributed by atoms with Crippen LogP contribution in [-0.2, 0) is 14.3 Å². The number of carbonyl (C=O) groups excluding carboxylic acids is 3. The van der Waals surface area contributed by atoms with Crippen molar-refractivity contribution in [3.05, 3.63) is 54.1 Å². The number of rotatable bonds is 13. The maximum Gasteiger partial charge on any atom is 0.325 e. The zero-order valence-corrected chi connectivity index (χ0v) is 18.2. The minimum absolute atomic E-state index is 0.266. The maximum absolute atomic E-state index is 12.3. The van der Waals surface area contributed by atoms with Gasteiger partial charge >= 0.3 is 5.97 Å². The Bertz CT molecular complexity index is 887. The number of nitrogens with one attached hydrogen (secondary N) is 2. The van der Waals surface area contributed by atoms with Crippen molar-refractivity contribution in [3.8, 4) is 17.2 Å². The summed E-state index contributed by atoms with van der Waals surface area (Å²) >= 11 is 0. The molecule has 9 heteroatoms. The molecule has 0 aromatic heterocycles. The number of para-hydroxylation sites is 1. The molecule has 2 aromatic carbocycles. The van der Waals surface area contributed by atoms with Gasteiger partial charge in [0.05, 0.1) is 19.8 Å². The van der Waals surface area contributed by atoms with E-state index >= 15 is 0 Å². The maximum atomic E-state index is 12.3. The number of benzene rings is 2. The number of hydrogen-bond donors (Lipinski definition) is 2. The number of hydrogen-bond acceptors (Lipinski definition) is 7. The van der Waals surface area contributed by atoms with E-state index in [1.54, 1.807) is 18.2 Å². The molecule has 0 saturated heterocycles. The van der Waals surface area contributed by atoms with Crippen molar-refractivity contribution in [3.63, 3.8) is 0 Å². The minimum Gasteiger partial charge on any atom is -0.492 e. The summed E-state index contributed by atoms with van der Waals surface area (Å²) in [5.41, 5.74) is 0.306. The van der Waals surface area contributed by atoms with Gasteiger partial charge in [-0.1, -0.05) is 18.2 Å². The van der Waals surface area contributed by atoms with Gasteiger partial charge in [-0.2, -0.15) is 0 Å². The molecule has 0 aliphatic heterocycles. The Hall–Kier alpha value is -3.75. The van der Waals surface area contributed by atoms with Crippen molar-refractivity contribution >= 4 is 17.8 Å². The zero-order chi connectivity index (χ0) is 23.2. The summed E-state index contributed by atoms with van der Waals surface area (Å²) in [6, 6.07) is 13.9. The molecular weight excluding hydrogens is 416 g/mol. The molecule has 9 nitrogen and oxygen atoms in total. The molecule has 0 spiro atoms. The normalized spacial score (nSPS) is 10.1. The lowest BCUT2D eigenvalue weighted by Crippen LogP contribution is -2.35. The highest BCUT2D eigenvalue weighted by molar-refractivity contribution is 5.96. The molecule has 2 amide bonds. The second-order valence-corrected chi connectivity index (χ2v) is 6.38. The Morgan fingerprint density at radius 3 is 2.28 bits per heavy atom. The van der Waals surface area contributed by atoms with Crippen LogP contribution in [0.25, 0.3) is 0 Å². The van der Waals surface area contributed by atoms with Gasteiger partial charge in [0.15, 0.2) is 18.1 Å². The lowest BCUT2D eigenvalue weighted by molar-refractivity contribution is -0.147. The van der Waals surface area contributed by atoms with E-state index in [4.69, 9.17) is 18.9 Å². The number of carbonyl (C=O) groups is 3. The van der Waals surface area contributed by atoms with E-state index in [-0.39, 0.29) is 19.7 Å². The van der Waals surface area contributed by atoms with Gasteiger partial charge in [0, 0.05) is 5.56 Å². The third-order valence-electron chi connectivity index (χ3n) is 4.00. The van der Waals surface area contributed by atoms with Gasteiger partial charge in [0.1, 0.15) is 18.9 Å². The van der Waals surface area contributed by atoms with Gasteiger partial charge in [0.2, 0.25) is 0 Å². The van der Waals surface area contributed by atoms with E-state index in [1.807, 2.05) is 44.2 Å². The van der Waals surface area contributed by atoms with Gasteiger partial charge in [-0.3, -0.25) is 14.4 Å². The van der Waals surface area contributed by atoms with Crippen LogP contribution in [0.1, 0.15) is 24.2 Å². The van der Waals surface area contributed by atoms with E-state index < -0.39 is 24.4 Å². The summed E-state index contributed by atoms with van der Waals surface area (Å²) in [6.45, 7) is 4.28. The molecule has 0 unspecified atom stereocenters. The van der Waals surface area contributed by atoms with E-state index in [2.05, 4.69) is 10.6 Å². The zero-order valence-electron chi connectivity index (χ0n) is 18.2. The van der Waals surface area contributed by atoms with Crippen molar-refractivity contribution in [2.24, 2.45) is 0 Å². The van der Waals surface area contributed by atoms with Crippen LogP contribution in [0.5, 0.6) is 17.2 Å². The molecule has 32 heavy (non-hydrogen) atoms. The molecule has 2 N–H and O–H groups in total. The van der Waals surface area contributed by atoms with Crippen LogP contribution in [0.4, 0.5) is 0 Å². The lowest BCUT2D eigenvalue weighted by Gasteiger charge is -2.12. The molecule has 0 heterocycles. The first kappa shape index (κ1) is 24.5. The molecular formula is C23H28N2O7. The summed E-state index contributed by atoms with van der Waals surface area (Å²) in [5, 5.41) is 5.03. The second kappa shape index (κ2) is 13.5. The first-order valence-corrected chi connectivity index (χ1v) is 10.3. The SMILES string of the molecule is CCOc1ccc(C(=O)NCC(=O)OCC(=O)NCCOc2ccccc2)cc1OCC. The predicted molar refractivity (Wildman–Crippen MR) is 117 cm³/mol. The molecule has 0 radical (unpaired) electrons. The average molecular weight is 444 g/mol. The lowest BCUT2D eigenvalue weighted by atomic mass is 10.2. The van der Waals surface area contributed by atoms with Crippen molar-refractivity contribution in [2.45, 2.75) is 13.8 Å². The number of amides is 2. The first-order valence-electron chi connectivity index (χ1n) is 10.3. The summed E-state index contributed by atoms with van der Waals surface area (Å²) in [5.74, 6) is 0.000446. The van der Waals surface area contributed by atoms with Crippen molar-refractivity contribution < 1.29 is 33.3 Å². The smallest absolute Gasteiger partial charge is 0.325 e. The van der Waals surface area contributed by atoms with Crippen molar-refractivity contribution in [2.75, 3.05) is 39.5 Å². The Morgan fingerprint density at radius 1 is 0.844 bits per heavy atom. The Labute approximate surface area is 187 Å². The van der Waals surface area contributed by atoms with Gasteiger partial charge in [-0.25, -0.2) is 0 Å². The minimum atomic E-state index is -0.731. The summed E-state index contributed by atoms with van der Waals surface area (Å²) in [4.78, 5) is 35.9. The summed E-state index contributed by atoms with van der Waals surface area (Å²) in [7, 11) is 0. The summed E-state index contributed by atoms with van der Waals surface area (Å²) in [6.07, 6.45) is 0. The van der Waals surface area contributed by atoms with E-state index in [0.717, 1.165) is 0 Å². The number of esters is 1. The fourth-order valence-corrected chi connectivity index (χ4v) is 2.57. The quantitative estimate of drug-likeness (QED) is 0.359. The highest BCUT2D eigenvalue weighted by Crippen LogP contribution is 2.28. The van der Waals surface area contributed by atoms with E-state index in [0.29, 0.717) is 36.0 Å². The van der Waals surface area contributed by atoms with Gasteiger partial charge in [-0.15, -0.1) is 0 Å². The monoisotopic (exact) mass is 444 g/mol. The predicted octanol–water partition coefficient (Wildman–Crippen LogP) is 1.95. The topological polar surface area (TPSA) is 112 Å². The Balaban J connectivity index is 1.68. The van der Waals surface area contributed by atoms with Crippen LogP contribution < -0.4 is 24.8 Å². The first-order chi connectivity index (χ1) is 15.5. The van der Waals surface area contributed by atoms with Gasteiger partial charge in [-0.05, 0) is 44.2 Å². The largest absolute Gasteiger partial charge is 0.492 e. The van der Waals surface area contributed by atoms with Gasteiger partial charge < -0.3 is 29.6 Å². The van der Waals surface area contributed by atoms with Crippen LogP contribution in [0.3, 0.4) is 0 Å². The molecule has 0 saturated carbocycles. The van der Waals surface area contributed by atoms with Crippen LogP contribution in [0.15, 0.2) is 48.5 Å². The van der Waals surface area contributed by atoms with Crippen LogP contribution >= 0.6 is 0 Å². The highest BCUT2D eigenvalue weighted by atomic mass is 16.5. The molecule has 0 aliphatic carbocycles. The van der Waals surface area contributed by atoms with Crippen LogP contribution in [0, 0.1) is 0 Å². The fraction of sp³-hybridized carbons (Fsp3) is 0.348. The standard InChI is InChI=1S/C23H28N2O7/c1-3-29-19-11-10-17(14-20(19)30-4-2)23(28)25-15-22(27)32-16-21(26)24-12-13-31-18-8-6-5-7-9-18/h5-11,14H,3-4,12-13,15-16H2,1-2H3,(H,24,26)(H,25,28). The van der Waals surface area contributed by atoms with E-state index in [9.17, 15) is 14.4 Å². The Kier molecular flexibility index (Phi) is 10.4. The van der Waals surface area contributed by atoms with Gasteiger partial charge in [0.25, 0.3) is 11.8 Å². The fourth-order valence-electron chi connectivity index (χ4n) is 2.57. The molecule has 0 bridgehead atoms. The van der Waals surface area contributed by atoms with Crippen molar-refractivity contribution in [1.29, 1.82) is 0 Å². The number of ether oxygens (including phenoxy) is 4. The molecule has 172 valence electrons. The highest BCUT2D eigenvalue weighted by Gasteiger charge is 2.14. The summed E-state index contributed by atoms with van der Waals surface area (Å²) < 4.78 is 21.3. The molecule has 0 atom stereocenters. The molecule has 2 rings (SSSR count). The molecule has 2 aromatic rings. The van der Waals surface area contributed by atoms with Crippen LogP contribution in [-0.4, -0.2) is 57.3 Å². The van der Waals surface area contributed by atoms with Crippen LogP contribution in [0.2, 0.25) is 0 Å². The average Bonchev–Trinajstić information content (AvgIpc) is 2.81. The van der Waals surface area contributed by atoms with E-state index in [1.165, 1.54) is 0 Å². The second-order valence-electron chi connectivity index (χ2n) is 6.38. The Morgan fingerprint density at radius 2 is 1.56 bits per heavy atom.